The van der Waals surface area contributed by atoms with Crippen molar-refractivity contribution in [3.63, 3.8) is 0 Å². The molecule has 68 heavy (non-hydrogen) atoms. The monoisotopic (exact) mass is 929 g/mol. The molecule has 4 N–H and O–H groups in total. The third kappa shape index (κ3) is 11.2. The van der Waals surface area contributed by atoms with Crippen LogP contribution in [0.1, 0.15) is 79.0 Å². The minimum Gasteiger partial charge on any atom is -0.378 e. The number of hydrogen-bond acceptors (Lipinski definition) is 9. The fourth-order valence-electron chi connectivity index (χ4n) is 10.2. The van der Waals surface area contributed by atoms with Crippen LogP contribution in [0, 0.1) is 0 Å². The molecule has 1 aliphatic carbocycles. The van der Waals surface area contributed by atoms with E-state index in [2.05, 4.69) is 45.2 Å². The van der Waals surface area contributed by atoms with Gasteiger partial charge in [0.05, 0.1) is 51.5 Å². The number of morpholine rings is 3. The smallest absolute Gasteiger partial charge is 0.318 e. The highest BCUT2D eigenvalue weighted by atomic mass is 16.5. The lowest BCUT2D eigenvalue weighted by Crippen LogP contribution is -2.57. The average molecular weight is 930 g/mol. The maximum atomic E-state index is 14.4. The highest BCUT2D eigenvalue weighted by Gasteiger charge is 2.40. The Labute approximate surface area is 397 Å². The first-order valence-corrected chi connectivity index (χ1v) is 24.3. The van der Waals surface area contributed by atoms with E-state index in [-0.39, 0.29) is 42.4 Å². The summed E-state index contributed by atoms with van der Waals surface area (Å²) in [7, 11) is 0. The lowest BCUT2D eigenvalue weighted by molar-refractivity contribution is -0.143. The van der Waals surface area contributed by atoms with E-state index in [1.807, 2.05) is 60.7 Å². The molecule has 17 heteroatoms. The van der Waals surface area contributed by atoms with E-state index in [0.29, 0.717) is 102 Å². The molecule has 9 rings (SSSR count). The molecule has 4 unspecified atom stereocenters. The van der Waals surface area contributed by atoms with Gasteiger partial charge in [-0.1, -0.05) is 84.9 Å². The summed E-state index contributed by atoms with van der Waals surface area (Å²) in [6.45, 7) is 5.15. The van der Waals surface area contributed by atoms with E-state index < -0.39 is 24.2 Å². The largest absolute Gasteiger partial charge is 0.378 e. The van der Waals surface area contributed by atoms with Gasteiger partial charge in [0.1, 0.15) is 30.0 Å². The summed E-state index contributed by atoms with van der Waals surface area (Å²) in [5.41, 5.74) is 4.65. The molecular weight excluding hydrogens is 867 g/mol. The average Bonchev–Trinajstić information content (AvgIpc) is 4.11. The van der Waals surface area contributed by atoms with Crippen LogP contribution in [0.4, 0.5) is 9.59 Å². The fourth-order valence-corrected chi connectivity index (χ4v) is 10.2. The minimum absolute atomic E-state index is 0.0133. The molecule has 5 heterocycles. The molecule has 3 aromatic carbocycles. The van der Waals surface area contributed by atoms with Gasteiger partial charge >= 0.3 is 12.1 Å². The van der Waals surface area contributed by atoms with Crippen LogP contribution in [0.15, 0.2) is 91.1 Å². The lowest BCUT2D eigenvalue weighted by atomic mass is 9.81. The number of aromatic amines is 1. The standard InChI is InChI=1S/C51H63N9O8/c61-47(43-12-7-21-59(43)48(62)41(32-35-8-3-1-4-9-35)55-50(64)57-22-27-66-28-23-57)53-40-19-17-37(18-20-40)36-13-15-38(16-14-36)42-33-52-46(54-42)44-34-68-31-26-60(44)49(63)45(39-10-5-2-6-11-39)56-51(65)58-24-29-67-30-25-58/h1-6,8-11,13-16,33,37,40-41,43-45H,7,12,17-32,34H2,(H,52,54)(H,53,61)(H,55,64)(H,56,65). The van der Waals surface area contributed by atoms with Gasteiger partial charge in [0, 0.05) is 51.7 Å². The quantitative estimate of drug-likeness (QED) is 0.158. The zero-order valence-corrected chi connectivity index (χ0v) is 38.6. The van der Waals surface area contributed by atoms with Gasteiger partial charge in [0.2, 0.25) is 11.8 Å². The van der Waals surface area contributed by atoms with Crippen LogP contribution in [0.3, 0.4) is 0 Å². The van der Waals surface area contributed by atoms with Crippen LogP contribution in [0.25, 0.3) is 11.3 Å². The van der Waals surface area contributed by atoms with Crippen molar-refractivity contribution in [2.75, 3.05) is 78.9 Å². The molecule has 4 atom stereocenters. The zero-order valence-electron chi connectivity index (χ0n) is 38.6. The summed E-state index contributed by atoms with van der Waals surface area (Å²) in [6.07, 6.45) is 6.92. The van der Waals surface area contributed by atoms with E-state index in [4.69, 9.17) is 19.2 Å². The Morgan fingerprint density at radius 2 is 1.29 bits per heavy atom. The van der Waals surface area contributed by atoms with Gasteiger partial charge < -0.3 is 54.7 Å². The van der Waals surface area contributed by atoms with Gasteiger partial charge in [0.25, 0.3) is 5.91 Å². The van der Waals surface area contributed by atoms with E-state index in [1.165, 1.54) is 5.56 Å². The first kappa shape index (κ1) is 46.8. The number of ether oxygens (including phenoxy) is 3. The number of H-pyrrole nitrogens is 1. The molecule has 17 nitrogen and oxygen atoms in total. The summed E-state index contributed by atoms with van der Waals surface area (Å²) >= 11 is 0. The number of nitrogens with zero attached hydrogens (tertiary/aromatic N) is 5. The Morgan fingerprint density at radius 3 is 1.97 bits per heavy atom. The number of urea groups is 2. The molecule has 7 amide bonds. The maximum absolute atomic E-state index is 14.4. The Bertz CT molecular complexity index is 2330. The third-order valence-electron chi connectivity index (χ3n) is 14.1. The molecule has 0 radical (unpaired) electrons. The topological polar surface area (TPSA) is 191 Å². The van der Waals surface area contributed by atoms with Gasteiger partial charge in [-0.15, -0.1) is 0 Å². The van der Waals surface area contributed by atoms with Crippen LogP contribution in [0.2, 0.25) is 0 Å². The Balaban J connectivity index is 0.792. The van der Waals surface area contributed by atoms with Gasteiger partial charge in [-0.05, 0) is 66.7 Å². The second-order valence-corrected chi connectivity index (χ2v) is 18.4. The Morgan fingerprint density at radius 1 is 0.662 bits per heavy atom. The van der Waals surface area contributed by atoms with Crippen molar-refractivity contribution in [1.29, 1.82) is 0 Å². The molecular formula is C51H63N9O8. The van der Waals surface area contributed by atoms with Gasteiger partial charge in [-0.2, -0.15) is 0 Å². The first-order chi connectivity index (χ1) is 33.3. The number of nitrogens with one attached hydrogen (secondary N) is 4. The van der Waals surface area contributed by atoms with Crippen molar-refractivity contribution >= 4 is 29.8 Å². The number of amides is 7. The minimum atomic E-state index is -0.889. The zero-order chi connectivity index (χ0) is 46.8. The van der Waals surface area contributed by atoms with Crippen LogP contribution < -0.4 is 16.0 Å². The maximum Gasteiger partial charge on any atom is 0.318 e. The van der Waals surface area contributed by atoms with Crippen LogP contribution >= 0.6 is 0 Å². The number of imidazole rings is 1. The van der Waals surface area contributed by atoms with Crippen molar-refractivity contribution in [2.45, 2.75) is 81.1 Å². The second kappa shape index (κ2) is 22.2. The highest BCUT2D eigenvalue weighted by Crippen LogP contribution is 2.35. The molecule has 0 bridgehead atoms. The molecule has 0 spiro atoms. The van der Waals surface area contributed by atoms with Crippen molar-refractivity contribution in [3.05, 3.63) is 114 Å². The molecule has 4 aromatic rings. The van der Waals surface area contributed by atoms with Gasteiger partial charge in [-0.25, -0.2) is 14.6 Å². The van der Waals surface area contributed by atoms with Crippen molar-refractivity contribution in [3.8, 4) is 11.3 Å². The van der Waals surface area contributed by atoms with Crippen molar-refractivity contribution < 1.29 is 38.2 Å². The summed E-state index contributed by atoms with van der Waals surface area (Å²) in [6, 6.07) is 24.1. The molecule has 4 aliphatic heterocycles. The summed E-state index contributed by atoms with van der Waals surface area (Å²) in [5, 5.41) is 9.30. The number of carbonyl (C=O) groups is 5. The highest BCUT2D eigenvalue weighted by molar-refractivity contribution is 5.93. The molecule has 5 fully saturated rings. The normalized spacial score (nSPS) is 23.1. The Hall–Kier alpha value is -6.30. The molecule has 1 saturated carbocycles. The van der Waals surface area contributed by atoms with Crippen molar-refractivity contribution in [2.24, 2.45) is 0 Å². The fraction of sp³-hybridized carbons (Fsp3) is 0.490. The molecule has 5 aliphatic rings. The first-order valence-electron chi connectivity index (χ1n) is 24.3. The van der Waals surface area contributed by atoms with Crippen LogP contribution in [-0.4, -0.2) is 156 Å². The predicted octanol–water partition coefficient (Wildman–Crippen LogP) is 4.55. The van der Waals surface area contributed by atoms with E-state index >= 15 is 0 Å². The van der Waals surface area contributed by atoms with Crippen LogP contribution in [-0.2, 0) is 35.0 Å². The second-order valence-electron chi connectivity index (χ2n) is 18.4. The van der Waals surface area contributed by atoms with Gasteiger partial charge in [-0.3, -0.25) is 14.4 Å². The molecule has 1 aromatic heterocycles. The number of likely N-dealkylation sites (tertiary alicyclic amines) is 1. The van der Waals surface area contributed by atoms with Gasteiger partial charge in [0.15, 0.2) is 0 Å². The summed E-state index contributed by atoms with van der Waals surface area (Å²) in [5.74, 6) is 0.364. The van der Waals surface area contributed by atoms with Crippen LogP contribution in [0.5, 0.6) is 0 Å². The summed E-state index contributed by atoms with van der Waals surface area (Å²) in [4.78, 5) is 84.1. The number of aromatic nitrogens is 2. The number of carbonyl (C=O) groups excluding carboxylic acids is 5. The molecule has 4 saturated heterocycles. The number of hydrogen-bond donors (Lipinski definition) is 4. The third-order valence-corrected chi connectivity index (χ3v) is 14.1. The van der Waals surface area contributed by atoms with E-state index in [9.17, 15) is 24.0 Å². The lowest BCUT2D eigenvalue weighted by Gasteiger charge is -2.37. The predicted molar refractivity (Wildman–Crippen MR) is 252 cm³/mol. The SMILES string of the molecule is O=C(NC1CCC(c2ccc(-c3cnc(C4COCCN4C(=O)C(NC(=O)N4CCOCC4)c4ccccc4)[nH]3)cc2)CC1)C1CCCN1C(=O)C(Cc1ccccc1)NC(=O)N1CCOCC1. The summed E-state index contributed by atoms with van der Waals surface area (Å²) < 4.78 is 16.7. The van der Waals surface area contributed by atoms with Crippen molar-refractivity contribution in [1.82, 2.24) is 45.5 Å². The number of rotatable bonds is 12. The van der Waals surface area contributed by atoms with E-state index in [0.717, 1.165) is 48.9 Å². The number of benzene rings is 3. The molecule has 360 valence electrons. The van der Waals surface area contributed by atoms with E-state index in [1.54, 1.807) is 25.8 Å². The Kier molecular flexibility index (Phi) is 15.3.